The fourth-order valence-electron chi connectivity index (χ4n) is 0.798. The van der Waals surface area contributed by atoms with Gasteiger partial charge in [-0.05, 0) is 10.4 Å². The highest BCUT2D eigenvalue weighted by Gasteiger charge is 1.96. The van der Waals surface area contributed by atoms with E-state index >= 15 is 0 Å². The van der Waals surface area contributed by atoms with E-state index in [1.54, 1.807) is 0 Å². The molecular weight excluding hydrogens is 232 g/mol. The van der Waals surface area contributed by atoms with Gasteiger partial charge in [0.1, 0.15) is 6.61 Å². The first-order valence-corrected chi connectivity index (χ1v) is 4.44. The summed E-state index contributed by atoms with van der Waals surface area (Å²) >= 11 is 2.81. The first-order chi connectivity index (χ1) is 6.33. The second kappa shape index (κ2) is 5.39. The Morgan fingerprint density at radius 1 is 1.38 bits per heavy atom. The van der Waals surface area contributed by atoms with E-state index in [0.717, 1.165) is 5.56 Å². The Morgan fingerprint density at radius 3 is 2.69 bits per heavy atom. The Hall–Kier alpha value is -1.27. The number of halogens is 1. The SMILES string of the molecule is O=C(C#CBr)OCc1ccccc1. The van der Waals surface area contributed by atoms with Crippen LogP contribution in [0, 0.1) is 10.8 Å². The minimum Gasteiger partial charge on any atom is -0.451 e. The van der Waals surface area contributed by atoms with Crippen LogP contribution in [0.25, 0.3) is 0 Å². The molecule has 0 radical (unpaired) electrons. The van der Waals surface area contributed by atoms with Gasteiger partial charge in [-0.2, -0.15) is 0 Å². The van der Waals surface area contributed by atoms with Gasteiger partial charge in [0.2, 0.25) is 0 Å². The number of ether oxygens (including phenoxy) is 1. The molecule has 0 bridgehead atoms. The number of benzene rings is 1. The van der Waals surface area contributed by atoms with E-state index in [9.17, 15) is 4.79 Å². The lowest BCUT2D eigenvalue weighted by Crippen LogP contribution is -2.00. The topological polar surface area (TPSA) is 26.3 Å². The fraction of sp³-hybridized carbons (Fsp3) is 0.100. The Bertz CT molecular complexity index is 335. The van der Waals surface area contributed by atoms with Crippen LogP contribution in [-0.2, 0) is 16.1 Å². The quantitative estimate of drug-likeness (QED) is 0.583. The second-order valence-corrected chi connectivity index (χ2v) is 2.68. The predicted molar refractivity (Wildman–Crippen MR) is 52.9 cm³/mol. The molecule has 0 heterocycles. The predicted octanol–water partition coefficient (Wildman–Crippen LogP) is 2.09. The summed E-state index contributed by atoms with van der Waals surface area (Å²) in [5, 5.41) is 0. The zero-order valence-electron chi connectivity index (χ0n) is 6.79. The van der Waals surface area contributed by atoms with Crippen molar-refractivity contribution >= 4 is 21.9 Å². The van der Waals surface area contributed by atoms with Crippen molar-refractivity contribution in [3.05, 3.63) is 35.9 Å². The number of esters is 1. The van der Waals surface area contributed by atoms with Gasteiger partial charge in [0, 0.05) is 21.9 Å². The van der Waals surface area contributed by atoms with E-state index in [1.807, 2.05) is 30.3 Å². The fourth-order valence-corrected chi connectivity index (χ4v) is 0.960. The molecule has 13 heavy (non-hydrogen) atoms. The lowest BCUT2D eigenvalue weighted by molar-refractivity contribution is -0.137. The van der Waals surface area contributed by atoms with Crippen LogP contribution >= 0.6 is 15.9 Å². The molecular formula is C10H7BrO2. The summed E-state index contributed by atoms with van der Waals surface area (Å²) in [5.41, 5.74) is 0.951. The van der Waals surface area contributed by atoms with Gasteiger partial charge < -0.3 is 4.74 Å². The molecule has 0 saturated carbocycles. The van der Waals surface area contributed by atoms with Crippen LogP contribution in [0.1, 0.15) is 5.56 Å². The molecule has 0 spiro atoms. The monoisotopic (exact) mass is 238 g/mol. The summed E-state index contributed by atoms with van der Waals surface area (Å²) in [6.45, 7) is 0.265. The van der Waals surface area contributed by atoms with Gasteiger partial charge in [0.15, 0.2) is 0 Å². The van der Waals surface area contributed by atoms with Gasteiger partial charge in [0.05, 0.1) is 0 Å². The van der Waals surface area contributed by atoms with Gasteiger partial charge >= 0.3 is 5.97 Å². The summed E-state index contributed by atoms with van der Waals surface area (Å²) < 4.78 is 4.83. The Balaban J connectivity index is 2.43. The summed E-state index contributed by atoms with van der Waals surface area (Å²) in [7, 11) is 0. The minimum absolute atomic E-state index is 0.265. The van der Waals surface area contributed by atoms with Crippen LogP contribution in [0.2, 0.25) is 0 Å². The van der Waals surface area contributed by atoms with Gasteiger partial charge in [-0.15, -0.1) is 0 Å². The Morgan fingerprint density at radius 2 is 2.08 bits per heavy atom. The van der Waals surface area contributed by atoms with Crippen molar-refractivity contribution in [2.24, 2.45) is 0 Å². The van der Waals surface area contributed by atoms with E-state index in [1.165, 1.54) is 0 Å². The summed E-state index contributed by atoms with van der Waals surface area (Å²) in [6.07, 6.45) is 0. The van der Waals surface area contributed by atoms with Gasteiger partial charge in [-0.25, -0.2) is 4.79 Å². The van der Waals surface area contributed by atoms with Crippen molar-refractivity contribution in [1.82, 2.24) is 0 Å². The van der Waals surface area contributed by atoms with E-state index < -0.39 is 5.97 Å². The maximum atomic E-state index is 10.8. The molecule has 0 amide bonds. The van der Waals surface area contributed by atoms with E-state index in [0.29, 0.717) is 0 Å². The van der Waals surface area contributed by atoms with Gasteiger partial charge in [-0.3, -0.25) is 0 Å². The van der Waals surface area contributed by atoms with E-state index in [-0.39, 0.29) is 6.61 Å². The van der Waals surface area contributed by atoms with Crippen LogP contribution < -0.4 is 0 Å². The number of hydrogen-bond donors (Lipinski definition) is 0. The molecule has 3 heteroatoms. The maximum Gasteiger partial charge on any atom is 0.385 e. The molecule has 1 aromatic rings. The zero-order valence-corrected chi connectivity index (χ0v) is 8.37. The van der Waals surface area contributed by atoms with Crippen molar-refractivity contribution in [2.75, 3.05) is 0 Å². The van der Waals surface area contributed by atoms with E-state index in [2.05, 4.69) is 26.7 Å². The van der Waals surface area contributed by atoms with Crippen molar-refractivity contribution < 1.29 is 9.53 Å². The average Bonchev–Trinajstić information content (AvgIpc) is 2.17. The van der Waals surface area contributed by atoms with E-state index in [4.69, 9.17) is 4.74 Å². The van der Waals surface area contributed by atoms with Crippen LogP contribution in [-0.4, -0.2) is 5.97 Å². The van der Waals surface area contributed by atoms with Gasteiger partial charge in [-0.1, -0.05) is 30.3 Å². The third-order valence-electron chi connectivity index (χ3n) is 1.36. The minimum atomic E-state index is -0.527. The zero-order chi connectivity index (χ0) is 9.52. The van der Waals surface area contributed by atoms with Crippen molar-refractivity contribution in [3.63, 3.8) is 0 Å². The molecule has 1 aromatic carbocycles. The Labute approximate surface area is 85.0 Å². The molecule has 0 aromatic heterocycles. The molecule has 0 aliphatic heterocycles. The lowest BCUT2D eigenvalue weighted by atomic mass is 10.2. The smallest absolute Gasteiger partial charge is 0.385 e. The standard InChI is InChI=1S/C10H7BrO2/c11-7-6-10(12)13-8-9-4-2-1-3-5-9/h1-5H,8H2. The molecule has 2 nitrogen and oxygen atoms in total. The van der Waals surface area contributed by atoms with Crippen molar-refractivity contribution in [2.45, 2.75) is 6.61 Å². The number of rotatable bonds is 2. The number of carbonyl (C=O) groups excluding carboxylic acids is 1. The molecule has 0 aliphatic rings. The Kier molecular flexibility index (Phi) is 4.07. The summed E-state index contributed by atoms with van der Waals surface area (Å²) in [5.74, 6) is 1.69. The normalized spacial score (nSPS) is 8.38. The number of carbonyl (C=O) groups is 1. The third kappa shape index (κ3) is 3.77. The van der Waals surface area contributed by atoms with Crippen LogP contribution in [0.3, 0.4) is 0 Å². The largest absolute Gasteiger partial charge is 0.451 e. The lowest BCUT2D eigenvalue weighted by Gasteiger charge is -1.99. The van der Waals surface area contributed by atoms with Crippen molar-refractivity contribution in [1.29, 1.82) is 0 Å². The first-order valence-electron chi connectivity index (χ1n) is 3.65. The summed E-state index contributed by atoms with van der Waals surface area (Å²) in [4.78, 5) is 13.1. The highest BCUT2D eigenvalue weighted by atomic mass is 79.9. The molecule has 0 unspecified atom stereocenters. The molecule has 0 saturated heterocycles. The maximum absolute atomic E-state index is 10.8. The molecule has 0 N–H and O–H groups in total. The average molecular weight is 239 g/mol. The summed E-state index contributed by atoms with van der Waals surface area (Å²) in [6, 6.07) is 9.45. The second-order valence-electron chi connectivity index (χ2n) is 2.28. The molecule has 1 rings (SSSR count). The molecule has 66 valence electrons. The van der Waals surface area contributed by atoms with Crippen molar-refractivity contribution in [3.8, 4) is 10.8 Å². The third-order valence-corrected chi connectivity index (χ3v) is 1.56. The van der Waals surface area contributed by atoms with Gasteiger partial charge in [0.25, 0.3) is 0 Å². The van der Waals surface area contributed by atoms with Crippen LogP contribution in [0.4, 0.5) is 0 Å². The highest BCUT2D eigenvalue weighted by molar-refractivity contribution is 9.12. The first kappa shape index (κ1) is 9.82. The molecule has 0 atom stereocenters. The molecule has 0 fully saturated rings. The number of hydrogen-bond acceptors (Lipinski definition) is 2. The van der Waals surface area contributed by atoms with Crippen LogP contribution in [0.15, 0.2) is 30.3 Å². The van der Waals surface area contributed by atoms with Crippen LogP contribution in [0.5, 0.6) is 0 Å². The highest BCUT2D eigenvalue weighted by Crippen LogP contribution is 2.00. The molecule has 0 aliphatic carbocycles.